The summed E-state index contributed by atoms with van der Waals surface area (Å²) in [4.78, 5) is 4.94. The van der Waals surface area contributed by atoms with Gasteiger partial charge in [0.15, 0.2) is 0 Å². The third-order valence-corrected chi connectivity index (χ3v) is 4.43. The monoisotopic (exact) mass is 278 g/mol. The van der Waals surface area contributed by atoms with Crippen molar-refractivity contribution < 1.29 is 4.74 Å². The first kappa shape index (κ1) is 12.6. The Hall–Kier alpha value is -2.13. The Morgan fingerprint density at radius 1 is 1.10 bits per heavy atom. The molecule has 4 rings (SSSR count). The number of hydrogen-bond acceptors (Lipinski definition) is 3. The Kier molecular flexibility index (Phi) is 3.00. The van der Waals surface area contributed by atoms with Crippen LogP contribution in [0.4, 0.5) is 0 Å². The highest BCUT2D eigenvalue weighted by Crippen LogP contribution is 2.31. The number of fused-ring (bicyclic) bond motifs is 2. The van der Waals surface area contributed by atoms with Gasteiger partial charge in [0.05, 0.1) is 24.6 Å². The molecule has 0 aliphatic carbocycles. The number of para-hydroxylation sites is 1. The molecule has 106 valence electrons. The summed E-state index contributed by atoms with van der Waals surface area (Å²) in [5.41, 5.74) is 2.75. The second-order valence-electron chi connectivity index (χ2n) is 5.57. The Labute approximate surface area is 124 Å². The Balaban J connectivity index is 1.76. The molecular weight excluding hydrogens is 260 g/mol. The highest BCUT2D eigenvalue weighted by Gasteiger charge is 2.32. The largest absolute Gasteiger partial charge is 0.497 e. The summed E-state index contributed by atoms with van der Waals surface area (Å²) in [6.45, 7) is 1.01. The minimum atomic E-state index is 0.226. The van der Waals surface area contributed by atoms with Crippen LogP contribution in [0.5, 0.6) is 5.75 Å². The topological polar surface area (TPSA) is 33.6 Å². The number of methoxy groups -OCH3 is 1. The molecule has 2 aromatic carbocycles. The van der Waals surface area contributed by atoms with E-state index < -0.39 is 0 Å². The van der Waals surface area contributed by atoms with Gasteiger partial charge in [0.2, 0.25) is 0 Å². The van der Waals surface area contributed by atoms with Crippen LogP contribution in [0.15, 0.2) is 53.5 Å². The Morgan fingerprint density at radius 2 is 1.90 bits per heavy atom. The van der Waals surface area contributed by atoms with Crippen LogP contribution in [0.2, 0.25) is 0 Å². The van der Waals surface area contributed by atoms with Crippen LogP contribution in [0, 0.1) is 0 Å². The summed E-state index contributed by atoms with van der Waals surface area (Å²) in [6.07, 6.45) is 1.08. The molecule has 2 aromatic rings. The first-order valence-electron chi connectivity index (χ1n) is 7.40. The third-order valence-electron chi connectivity index (χ3n) is 4.43. The number of hydrogen-bond donors (Lipinski definition) is 1. The molecule has 2 heterocycles. The predicted molar refractivity (Wildman–Crippen MR) is 82.8 cm³/mol. The van der Waals surface area contributed by atoms with Gasteiger partial charge in [-0.2, -0.15) is 0 Å². The second-order valence-corrected chi connectivity index (χ2v) is 5.57. The molecule has 0 spiro atoms. The van der Waals surface area contributed by atoms with Crippen LogP contribution in [0.1, 0.15) is 18.0 Å². The minimum absolute atomic E-state index is 0.226. The van der Waals surface area contributed by atoms with Gasteiger partial charge in [0.1, 0.15) is 5.75 Å². The van der Waals surface area contributed by atoms with Crippen LogP contribution in [-0.4, -0.2) is 19.7 Å². The summed E-state index contributed by atoms with van der Waals surface area (Å²) in [5, 5.41) is 6.10. The first-order valence-corrected chi connectivity index (χ1v) is 7.40. The molecule has 2 aliphatic heterocycles. The van der Waals surface area contributed by atoms with Crippen molar-refractivity contribution in [3.8, 4) is 5.75 Å². The quantitative estimate of drug-likeness (QED) is 0.905. The number of benzene rings is 2. The molecule has 0 unspecified atom stereocenters. The third kappa shape index (κ3) is 2.05. The van der Waals surface area contributed by atoms with E-state index in [-0.39, 0.29) is 12.1 Å². The lowest BCUT2D eigenvalue weighted by Gasteiger charge is -2.31. The zero-order valence-electron chi connectivity index (χ0n) is 12.0. The van der Waals surface area contributed by atoms with Crippen LogP contribution in [-0.2, 0) is 0 Å². The zero-order valence-corrected chi connectivity index (χ0v) is 12.0. The van der Waals surface area contributed by atoms with E-state index in [1.54, 1.807) is 7.11 Å². The fourth-order valence-electron chi connectivity index (χ4n) is 3.39. The molecule has 21 heavy (non-hydrogen) atoms. The molecule has 3 heteroatoms. The summed E-state index contributed by atoms with van der Waals surface area (Å²) < 4.78 is 5.24. The molecule has 0 aromatic heterocycles. The van der Waals surface area contributed by atoms with Crippen molar-refractivity contribution in [1.29, 1.82) is 0 Å². The lowest BCUT2D eigenvalue weighted by Crippen LogP contribution is -2.38. The van der Waals surface area contributed by atoms with Crippen molar-refractivity contribution >= 4 is 5.57 Å². The average Bonchev–Trinajstić information content (AvgIpc) is 2.94. The maximum absolute atomic E-state index is 5.24. The van der Waals surface area contributed by atoms with Crippen molar-refractivity contribution in [2.45, 2.75) is 18.5 Å². The lowest BCUT2D eigenvalue weighted by molar-refractivity contribution is 0.413. The molecule has 3 nitrogen and oxygen atoms in total. The summed E-state index contributed by atoms with van der Waals surface area (Å²) in [7, 11) is 1.70. The molecule has 0 bridgehead atoms. The summed E-state index contributed by atoms with van der Waals surface area (Å²) in [6, 6.07) is 17.3. The molecule has 0 radical (unpaired) electrons. The van der Waals surface area contributed by atoms with Gasteiger partial charge in [0, 0.05) is 5.22 Å². The molecule has 1 fully saturated rings. The summed E-state index contributed by atoms with van der Waals surface area (Å²) >= 11 is 0. The van der Waals surface area contributed by atoms with Gasteiger partial charge < -0.3 is 10.1 Å². The Morgan fingerprint density at radius 3 is 2.71 bits per heavy atom. The van der Waals surface area contributed by atoms with Gasteiger partial charge in [-0.3, -0.25) is 4.99 Å². The SMILES string of the molecule is COc1ccc([C@@H]2NCCC3=c4ccccc4=N[C@@H]32)cc1. The van der Waals surface area contributed by atoms with Crippen molar-refractivity contribution in [2.24, 2.45) is 4.99 Å². The van der Waals surface area contributed by atoms with E-state index in [0.717, 1.165) is 24.1 Å². The molecule has 1 N–H and O–H groups in total. The van der Waals surface area contributed by atoms with Gasteiger partial charge in [-0.05, 0) is 42.3 Å². The molecule has 0 saturated carbocycles. The standard InChI is InChI=1S/C18H18N2O/c1-21-13-8-6-12(7-9-13)17-18-15(10-11-19-17)14-4-2-3-5-16(14)20-18/h2-9,17-19H,10-11H2,1H3/t17-,18-/m0/s1. The van der Waals surface area contributed by atoms with E-state index >= 15 is 0 Å². The van der Waals surface area contributed by atoms with E-state index in [1.807, 2.05) is 12.1 Å². The van der Waals surface area contributed by atoms with Crippen molar-refractivity contribution in [3.05, 3.63) is 64.7 Å². The number of rotatable bonds is 2. The molecule has 1 saturated heterocycles. The predicted octanol–water partition coefficient (Wildman–Crippen LogP) is 1.58. The van der Waals surface area contributed by atoms with Gasteiger partial charge >= 0.3 is 0 Å². The molecule has 0 amide bonds. The molecule has 2 atom stereocenters. The number of nitrogens with zero attached hydrogens (tertiary/aromatic N) is 1. The van der Waals surface area contributed by atoms with E-state index in [2.05, 4.69) is 41.7 Å². The average molecular weight is 278 g/mol. The maximum Gasteiger partial charge on any atom is 0.118 e. The Bertz CT molecular complexity index is 780. The highest BCUT2D eigenvalue weighted by molar-refractivity contribution is 5.57. The number of piperidine rings is 1. The second kappa shape index (κ2) is 5.01. The van der Waals surface area contributed by atoms with Crippen molar-refractivity contribution in [2.75, 3.05) is 13.7 Å². The molecule has 2 aliphatic rings. The van der Waals surface area contributed by atoms with E-state index in [9.17, 15) is 0 Å². The van der Waals surface area contributed by atoms with E-state index in [4.69, 9.17) is 9.73 Å². The van der Waals surface area contributed by atoms with Crippen molar-refractivity contribution in [3.63, 3.8) is 0 Å². The van der Waals surface area contributed by atoms with E-state index in [0.29, 0.717) is 0 Å². The van der Waals surface area contributed by atoms with Crippen LogP contribution in [0.3, 0.4) is 0 Å². The van der Waals surface area contributed by atoms with Gasteiger partial charge in [-0.15, -0.1) is 0 Å². The number of ether oxygens (including phenoxy) is 1. The van der Waals surface area contributed by atoms with Crippen LogP contribution >= 0.6 is 0 Å². The van der Waals surface area contributed by atoms with Crippen molar-refractivity contribution in [1.82, 2.24) is 5.32 Å². The normalized spacial score (nSPS) is 23.2. The molecular formula is C18H18N2O. The summed E-state index contributed by atoms with van der Waals surface area (Å²) in [5.74, 6) is 0.894. The smallest absolute Gasteiger partial charge is 0.118 e. The highest BCUT2D eigenvalue weighted by atomic mass is 16.5. The van der Waals surface area contributed by atoms with Crippen LogP contribution in [0.25, 0.3) is 5.57 Å². The maximum atomic E-state index is 5.24. The minimum Gasteiger partial charge on any atom is -0.497 e. The van der Waals surface area contributed by atoms with Gasteiger partial charge in [-0.25, -0.2) is 0 Å². The van der Waals surface area contributed by atoms with Gasteiger partial charge in [-0.1, -0.05) is 30.3 Å². The van der Waals surface area contributed by atoms with Gasteiger partial charge in [0.25, 0.3) is 0 Å². The zero-order chi connectivity index (χ0) is 14.2. The van der Waals surface area contributed by atoms with Crippen LogP contribution < -0.4 is 20.6 Å². The fourth-order valence-corrected chi connectivity index (χ4v) is 3.39. The van der Waals surface area contributed by atoms with E-state index in [1.165, 1.54) is 16.4 Å². The number of nitrogens with one attached hydrogen (secondary N) is 1. The lowest BCUT2D eigenvalue weighted by atomic mass is 9.88. The fraction of sp³-hybridized carbons (Fsp3) is 0.278. The first-order chi connectivity index (χ1) is 10.4.